The van der Waals surface area contributed by atoms with Gasteiger partial charge in [0.2, 0.25) is 11.8 Å². The van der Waals surface area contributed by atoms with Crippen LogP contribution in [0.2, 0.25) is 0 Å². The molecule has 1 unspecified atom stereocenters. The number of carbonyl (C=O) groups is 4. The number of hydrogen-bond acceptors (Lipinski definition) is 7. The van der Waals surface area contributed by atoms with Crippen LogP contribution in [0.25, 0.3) is 0 Å². The minimum Gasteiger partial charge on any atom is -0.452 e. The second-order valence-electron chi connectivity index (χ2n) is 7.04. The number of likely N-dealkylation sites (tertiary alicyclic amines) is 1. The third-order valence-corrected chi connectivity index (χ3v) is 6.13. The number of rotatable bonds is 7. The van der Waals surface area contributed by atoms with Gasteiger partial charge in [0, 0.05) is 25.4 Å². The maximum atomic E-state index is 12.6. The van der Waals surface area contributed by atoms with Crippen LogP contribution in [-0.2, 0) is 25.5 Å². The first kappa shape index (κ1) is 22.5. The van der Waals surface area contributed by atoms with E-state index in [1.54, 1.807) is 6.07 Å². The number of aryl methyl sites for hydroxylation is 2. The van der Waals surface area contributed by atoms with Gasteiger partial charge in [-0.25, -0.2) is 9.78 Å². The van der Waals surface area contributed by atoms with Crippen molar-refractivity contribution in [1.29, 1.82) is 0 Å². The van der Waals surface area contributed by atoms with E-state index in [1.807, 2.05) is 32.0 Å². The van der Waals surface area contributed by atoms with E-state index in [-0.39, 0.29) is 28.8 Å². The predicted molar refractivity (Wildman–Crippen MR) is 116 cm³/mol. The second kappa shape index (κ2) is 9.74. The lowest BCUT2D eigenvalue weighted by Gasteiger charge is -2.14. The van der Waals surface area contributed by atoms with Crippen molar-refractivity contribution in [2.45, 2.75) is 37.0 Å². The van der Waals surface area contributed by atoms with E-state index in [4.69, 9.17) is 4.74 Å². The number of para-hydroxylation sites is 1. The molecule has 3 amide bonds. The van der Waals surface area contributed by atoms with Crippen LogP contribution >= 0.6 is 11.8 Å². The van der Waals surface area contributed by atoms with E-state index in [2.05, 4.69) is 10.3 Å². The summed E-state index contributed by atoms with van der Waals surface area (Å²) in [6.07, 6.45) is 2.29. The molecule has 162 valence electrons. The minimum atomic E-state index is -0.726. The lowest BCUT2D eigenvalue weighted by atomic mass is 10.1. The summed E-state index contributed by atoms with van der Waals surface area (Å²) in [7, 11) is 1.43. The monoisotopic (exact) mass is 441 g/mol. The third-order valence-electron chi connectivity index (χ3n) is 4.92. The summed E-state index contributed by atoms with van der Waals surface area (Å²) in [5.41, 5.74) is 2.77. The highest BCUT2D eigenvalue weighted by Crippen LogP contribution is 2.31. The van der Waals surface area contributed by atoms with Crippen molar-refractivity contribution in [3.05, 3.63) is 53.2 Å². The Kier molecular flexibility index (Phi) is 7.06. The lowest BCUT2D eigenvalue weighted by Crippen LogP contribution is -2.26. The van der Waals surface area contributed by atoms with Gasteiger partial charge in [0.1, 0.15) is 5.03 Å². The minimum absolute atomic E-state index is 0.0453. The number of nitrogens with zero attached hydrogens (tertiary/aromatic N) is 2. The maximum absolute atomic E-state index is 12.6. The van der Waals surface area contributed by atoms with Gasteiger partial charge in [-0.15, -0.1) is 0 Å². The van der Waals surface area contributed by atoms with Crippen molar-refractivity contribution in [3.8, 4) is 0 Å². The summed E-state index contributed by atoms with van der Waals surface area (Å²) in [6, 6.07) is 8.82. The highest BCUT2D eigenvalue weighted by atomic mass is 32.2. The van der Waals surface area contributed by atoms with Crippen molar-refractivity contribution < 1.29 is 23.9 Å². The van der Waals surface area contributed by atoms with E-state index >= 15 is 0 Å². The highest BCUT2D eigenvalue weighted by molar-refractivity contribution is 8.00. The van der Waals surface area contributed by atoms with Crippen molar-refractivity contribution >= 4 is 41.1 Å². The van der Waals surface area contributed by atoms with Crippen molar-refractivity contribution in [3.63, 3.8) is 0 Å². The molecule has 9 heteroatoms. The Bertz CT molecular complexity index is 1040. The number of anilines is 1. The number of amides is 3. The molecule has 2 aromatic rings. The standard InChI is InChI=1S/C22H23N3O5S/c1-4-14-8-5-7-13(2)19(14)24-17(26)12-30-22(29)15-9-6-10-23-20(15)31-16-11-18(27)25(3)21(16)28/h5-10,16H,4,11-12H2,1-3H3,(H,24,26). The topological polar surface area (TPSA) is 106 Å². The van der Waals surface area contributed by atoms with Crippen LogP contribution in [0.5, 0.6) is 0 Å². The molecule has 1 aliphatic rings. The SMILES string of the molecule is CCc1cccc(C)c1NC(=O)COC(=O)c1cccnc1SC1CC(=O)N(C)C1=O. The van der Waals surface area contributed by atoms with Gasteiger partial charge >= 0.3 is 5.97 Å². The number of aromatic nitrogens is 1. The first-order chi connectivity index (χ1) is 14.8. The van der Waals surface area contributed by atoms with Gasteiger partial charge in [0.25, 0.3) is 5.91 Å². The van der Waals surface area contributed by atoms with E-state index in [9.17, 15) is 19.2 Å². The number of imide groups is 1. The molecule has 1 aromatic carbocycles. The van der Waals surface area contributed by atoms with Crippen LogP contribution in [0.3, 0.4) is 0 Å². The molecule has 0 saturated carbocycles. The average molecular weight is 442 g/mol. The van der Waals surface area contributed by atoms with E-state index in [0.29, 0.717) is 0 Å². The number of carbonyl (C=O) groups excluding carboxylic acids is 4. The normalized spacial score (nSPS) is 15.8. The summed E-state index contributed by atoms with van der Waals surface area (Å²) in [5, 5.41) is 2.44. The summed E-state index contributed by atoms with van der Waals surface area (Å²) in [6.45, 7) is 3.43. The Morgan fingerprint density at radius 3 is 2.71 bits per heavy atom. The van der Waals surface area contributed by atoms with Gasteiger partial charge < -0.3 is 10.1 Å². The zero-order valence-corrected chi connectivity index (χ0v) is 18.3. The third kappa shape index (κ3) is 5.11. The number of nitrogens with one attached hydrogen (secondary N) is 1. The molecule has 1 saturated heterocycles. The Balaban J connectivity index is 1.65. The average Bonchev–Trinajstić information content (AvgIpc) is 3.00. The quantitative estimate of drug-likeness (QED) is 0.520. The van der Waals surface area contributed by atoms with Gasteiger partial charge in [-0.3, -0.25) is 19.3 Å². The number of ether oxygens (including phenoxy) is 1. The smallest absolute Gasteiger partial charge is 0.341 e. The van der Waals surface area contributed by atoms with Crippen LogP contribution < -0.4 is 5.32 Å². The Hall–Kier alpha value is -3.20. The number of benzene rings is 1. The van der Waals surface area contributed by atoms with Gasteiger partial charge in [-0.05, 0) is 36.6 Å². The van der Waals surface area contributed by atoms with Gasteiger partial charge in [-0.1, -0.05) is 36.9 Å². The summed E-state index contributed by atoms with van der Waals surface area (Å²) >= 11 is 1.04. The molecular weight excluding hydrogens is 418 g/mol. The first-order valence-corrected chi connectivity index (χ1v) is 10.7. The number of esters is 1. The zero-order chi connectivity index (χ0) is 22.5. The number of hydrogen-bond donors (Lipinski definition) is 1. The van der Waals surface area contributed by atoms with Crippen molar-refractivity contribution in [2.24, 2.45) is 0 Å². The largest absolute Gasteiger partial charge is 0.452 e. The fourth-order valence-corrected chi connectivity index (χ4v) is 4.33. The molecule has 1 atom stereocenters. The first-order valence-electron chi connectivity index (χ1n) is 9.79. The van der Waals surface area contributed by atoms with Crippen molar-refractivity contribution in [2.75, 3.05) is 19.0 Å². The predicted octanol–water partition coefficient (Wildman–Crippen LogP) is 2.60. The van der Waals surface area contributed by atoms with Crippen LogP contribution in [-0.4, -0.2) is 52.5 Å². The fraction of sp³-hybridized carbons (Fsp3) is 0.318. The molecule has 1 aromatic heterocycles. The lowest BCUT2D eigenvalue weighted by molar-refractivity contribution is -0.136. The number of pyridine rings is 1. The van der Waals surface area contributed by atoms with Crippen LogP contribution in [0.15, 0.2) is 41.6 Å². The molecular formula is C22H23N3O5S. The maximum Gasteiger partial charge on any atom is 0.341 e. The molecule has 1 fully saturated rings. The van der Waals surface area contributed by atoms with E-state index in [1.165, 1.54) is 19.3 Å². The van der Waals surface area contributed by atoms with E-state index < -0.39 is 23.7 Å². The van der Waals surface area contributed by atoms with Crippen LogP contribution in [0.1, 0.15) is 34.8 Å². The van der Waals surface area contributed by atoms with Gasteiger partial charge in [0.05, 0.1) is 10.8 Å². The van der Waals surface area contributed by atoms with Crippen molar-refractivity contribution in [1.82, 2.24) is 9.88 Å². The molecule has 1 aliphatic heterocycles. The van der Waals surface area contributed by atoms with Gasteiger partial charge in [-0.2, -0.15) is 0 Å². The molecule has 0 spiro atoms. The molecule has 2 heterocycles. The molecule has 3 rings (SSSR count). The van der Waals surface area contributed by atoms with Crippen LogP contribution in [0.4, 0.5) is 5.69 Å². The molecule has 0 aliphatic carbocycles. The zero-order valence-electron chi connectivity index (χ0n) is 17.5. The van der Waals surface area contributed by atoms with E-state index in [0.717, 1.165) is 39.9 Å². The summed E-state index contributed by atoms with van der Waals surface area (Å²) < 4.78 is 5.18. The van der Waals surface area contributed by atoms with Gasteiger partial charge in [0.15, 0.2) is 6.61 Å². The molecule has 1 N–H and O–H groups in total. The summed E-state index contributed by atoms with van der Waals surface area (Å²) in [4.78, 5) is 54.0. The van der Waals surface area contributed by atoms with Crippen LogP contribution in [0, 0.1) is 6.92 Å². The fourth-order valence-electron chi connectivity index (χ4n) is 3.18. The summed E-state index contributed by atoms with van der Waals surface area (Å²) in [5.74, 6) is -1.78. The molecule has 8 nitrogen and oxygen atoms in total. The second-order valence-corrected chi connectivity index (χ2v) is 8.24. The highest BCUT2D eigenvalue weighted by Gasteiger charge is 2.37. The molecule has 0 radical (unpaired) electrons. The Morgan fingerprint density at radius 2 is 2.03 bits per heavy atom. The number of thioether (sulfide) groups is 1. The molecule has 31 heavy (non-hydrogen) atoms. The Labute approximate surface area is 184 Å². The molecule has 0 bridgehead atoms. The Morgan fingerprint density at radius 1 is 1.26 bits per heavy atom.